The number of benzene rings is 1. The maximum atomic E-state index is 12.9. The number of phenolic OH excluding ortho intramolecular Hbond substituents is 1. The number of hydrogen-bond donors (Lipinski definition) is 3. The third kappa shape index (κ3) is 4.92. The average Bonchev–Trinajstić information content (AvgIpc) is 3.51. The number of sulfonamides is 1. The third-order valence-corrected chi connectivity index (χ3v) is 7.97. The number of nitrogens with zero attached hydrogens (tertiary/aromatic N) is 1. The van der Waals surface area contributed by atoms with Crippen LogP contribution in [0, 0.1) is 11.3 Å². The van der Waals surface area contributed by atoms with E-state index in [2.05, 4.69) is 10.6 Å². The van der Waals surface area contributed by atoms with Gasteiger partial charge in [0.25, 0.3) is 10.9 Å². The Hall–Kier alpha value is -2.43. The smallest absolute Gasteiger partial charge is 0.253 e. The zero-order chi connectivity index (χ0) is 24.9. The van der Waals surface area contributed by atoms with Gasteiger partial charge >= 0.3 is 0 Å². The summed E-state index contributed by atoms with van der Waals surface area (Å²) in [4.78, 5) is 37.0. The monoisotopic (exact) mass is 497 g/mol. The number of carbonyl (C=O) groups is 1. The van der Waals surface area contributed by atoms with Crippen molar-refractivity contribution >= 4 is 44.5 Å². The van der Waals surface area contributed by atoms with Gasteiger partial charge in [-0.25, -0.2) is 12.7 Å². The lowest BCUT2D eigenvalue weighted by Crippen LogP contribution is -2.46. The summed E-state index contributed by atoms with van der Waals surface area (Å²) in [7, 11) is -1.52. The molecule has 0 radical (unpaired) electrons. The van der Waals surface area contributed by atoms with Crippen LogP contribution in [0.25, 0.3) is 0 Å². The minimum atomic E-state index is -4.10. The number of Topliss-reactive ketones (excluding diaryl/α,β-unsaturated/α-hetero) is 1. The zero-order valence-corrected chi connectivity index (χ0v) is 20.7. The maximum absolute atomic E-state index is 12.9. The van der Waals surface area contributed by atoms with Gasteiger partial charge < -0.3 is 15.7 Å². The molecule has 0 bridgehead atoms. The summed E-state index contributed by atoms with van der Waals surface area (Å²) in [6.45, 7) is 5.58. The van der Waals surface area contributed by atoms with Crippen LogP contribution in [0.3, 0.4) is 0 Å². The Kier molecular flexibility index (Phi) is 6.67. The van der Waals surface area contributed by atoms with Crippen LogP contribution in [-0.2, 0) is 14.8 Å². The number of anilines is 3. The van der Waals surface area contributed by atoms with Crippen molar-refractivity contribution < 1.29 is 18.3 Å². The molecule has 33 heavy (non-hydrogen) atoms. The average molecular weight is 498 g/mol. The van der Waals surface area contributed by atoms with Crippen molar-refractivity contribution in [2.75, 3.05) is 24.7 Å². The number of rotatable bonds is 9. The molecule has 2 aromatic rings. The van der Waals surface area contributed by atoms with Crippen molar-refractivity contribution in [3.05, 3.63) is 37.6 Å². The Bertz CT molecular complexity index is 1270. The van der Waals surface area contributed by atoms with Gasteiger partial charge in [0.1, 0.15) is 16.3 Å². The predicted octanol–water partition coefficient (Wildman–Crippen LogP) is 2.83. The van der Waals surface area contributed by atoms with Crippen molar-refractivity contribution in [1.82, 2.24) is 4.31 Å². The lowest BCUT2D eigenvalue weighted by molar-refractivity contribution is -0.122. The summed E-state index contributed by atoms with van der Waals surface area (Å²) in [5, 5.41) is 16.0. The number of ketones is 1. The van der Waals surface area contributed by atoms with Gasteiger partial charge in [-0.1, -0.05) is 32.4 Å². The van der Waals surface area contributed by atoms with E-state index in [-0.39, 0.29) is 27.9 Å². The van der Waals surface area contributed by atoms with Gasteiger partial charge in [-0.2, -0.15) is 0 Å². The summed E-state index contributed by atoms with van der Waals surface area (Å²) in [5.74, 6) is -0.373. The second kappa shape index (κ2) is 8.73. The van der Waals surface area contributed by atoms with E-state index >= 15 is 0 Å². The van der Waals surface area contributed by atoms with E-state index < -0.39 is 43.0 Å². The van der Waals surface area contributed by atoms with Gasteiger partial charge in [0.05, 0.1) is 16.8 Å². The molecule has 3 N–H and O–H groups in total. The van der Waals surface area contributed by atoms with Crippen LogP contribution in [0.5, 0.6) is 5.75 Å². The van der Waals surface area contributed by atoms with E-state index in [1.165, 1.54) is 26.2 Å². The third-order valence-electron chi connectivity index (χ3n) is 5.66. The van der Waals surface area contributed by atoms with Crippen molar-refractivity contribution in [3.8, 4) is 5.75 Å². The summed E-state index contributed by atoms with van der Waals surface area (Å²) >= 11 is 6.02. The number of aromatic hydroxyl groups is 1. The molecular formula is C22H28ClN3O6S. The van der Waals surface area contributed by atoms with Crippen molar-refractivity contribution in [2.24, 2.45) is 11.3 Å². The first-order valence-corrected chi connectivity index (χ1v) is 12.3. The molecule has 1 fully saturated rings. The Morgan fingerprint density at radius 2 is 1.76 bits per heavy atom. The molecular weight excluding hydrogens is 470 g/mol. The molecule has 9 nitrogen and oxygen atoms in total. The highest BCUT2D eigenvalue weighted by Gasteiger charge is 2.37. The highest BCUT2D eigenvalue weighted by atomic mass is 35.5. The van der Waals surface area contributed by atoms with Crippen LogP contribution in [0.1, 0.15) is 40.0 Å². The zero-order valence-electron chi connectivity index (χ0n) is 19.2. The van der Waals surface area contributed by atoms with E-state index in [9.17, 15) is 27.9 Å². The first kappa shape index (κ1) is 25.2. The lowest BCUT2D eigenvalue weighted by Gasteiger charge is -2.32. The van der Waals surface area contributed by atoms with Gasteiger partial charge in [-0.05, 0) is 36.3 Å². The van der Waals surface area contributed by atoms with Crippen LogP contribution < -0.4 is 21.5 Å². The second-order valence-corrected chi connectivity index (χ2v) is 12.1. The van der Waals surface area contributed by atoms with Crippen LogP contribution in [0.4, 0.5) is 17.1 Å². The van der Waals surface area contributed by atoms with Gasteiger partial charge in [-0.15, -0.1) is 0 Å². The number of carbonyl (C=O) groups excluding carboxylic acids is 1. The van der Waals surface area contributed by atoms with E-state index in [4.69, 9.17) is 11.6 Å². The topological polar surface area (TPSA) is 133 Å². The molecule has 0 aliphatic heterocycles. The molecule has 1 saturated carbocycles. The SMILES string of the molecule is CN(C)S(=O)(=O)c1c(Cl)ccc(Nc2c(N[C@@H](C(=O)CC3CC3)C(C)(C)C)c(=O)c2=O)c1O. The quantitative estimate of drug-likeness (QED) is 0.356. The Morgan fingerprint density at radius 1 is 1.18 bits per heavy atom. The Balaban J connectivity index is 1.96. The molecule has 0 amide bonds. The van der Waals surface area contributed by atoms with Crippen LogP contribution in [0.15, 0.2) is 26.6 Å². The molecule has 3 rings (SSSR count). The number of phenols is 1. The van der Waals surface area contributed by atoms with Gasteiger partial charge in [-0.3, -0.25) is 14.4 Å². The molecule has 1 aliphatic carbocycles. The van der Waals surface area contributed by atoms with E-state index in [0.29, 0.717) is 12.3 Å². The Labute approximate surface area is 197 Å². The minimum Gasteiger partial charge on any atom is -0.504 e. The van der Waals surface area contributed by atoms with Gasteiger partial charge in [0, 0.05) is 20.5 Å². The molecule has 180 valence electrons. The number of nitrogens with one attached hydrogen (secondary N) is 2. The van der Waals surface area contributed by atoms with E-state index in [0.717, 1.165) is 17.1 Å². The van der Waals surface area contributed by atoms with Crippen LogP contribution in [0.2, 0.25) is 5.02 Å². The summed E-state index contributed by atoms with van der Waals surface area (Å²) in [6.07, 6.45) is 2.41. The van der Waals surface area contributed by atoms with Gasteiger partial charge in [0.15, 0.2) is 11.5 Å². The van der Waals surface area contributed by atoms with E-state index in [1.54, 1.807) is 0 Å². The number of halogens is 1. The molecule has 0 spiro atoms. The minimum absolute atomic E-state index is 0.0438. The standard InChI is InChI=1S/C22H28ClN3O6S/c1-22(2,3)21(14(27)10-11-6-7-11)25-16-15(18(29)19(16)30)24-13-9-8-12(23)20(17(13)28)33(31,32)26(4)5/h8-9,11,21,24-25,28H,6-7,10H2,1-5H3/t21-/m0/s1. The first-order chi connectivity index (χ1) is 15.2. The summed E-state index contributed by atoms with van der Waals surface area (Å²) < 4.78 is 26.0. The highest BCUT2D eigenvalue weighted by Crippen LogP contribution is 2.40. The fourth-order valence-corrected chi connectivity index (χ4v) is 4.99. The molecule has 1 aliphatic rings. The molecule has 0 heterocycles. The van der Waals surface area contributed by atoms with Crippen LogP contribution >= 0.6 is 11.6 Å². The molecule has 11 heteroatoms. The Morgan fingerprint density at radius 3 is 2.27 bits per heavy atom. The first-order valence-electron chi connectivity index (χ1n) is 10.5. The summed E-state index contributed by atoms with van der Waals surface area (Å²) in [5.41, 5.74) is -2.51. The van der Waals surface area contributed by atoms with Crippen molar-refractivity contribution in [2.45, 2.75) is 51.0 Å². The normalized spacial score (nSPS) is 15.6. The fourth-order valence-electron chi connectivity index (χ4n) is 3.51. The van der Waals surface area contributed by atoms with E-state index in [1.807, 2.05) is 20.8 Å². The predicted molar refractivity (Wildman–Crippen MR) is 128 cm³/mol. The lowest BCUT2D eigenvalue weighted by atomic mass is 9.82. The molecule has 0 saturated heterocycles. The molecule has 2 aromatic carbocycles. The van der Waals surface area contributed by atoms with Gasteiger partial charge in [0.2, 0.25) is 10.0 Å². The van der Waals surface area contributed by atoms with Crippen molar-refractivity contribution in [3.63, 3.8) is 0 Å². The molecule has 1 atom stereocenters. The second-order valence-electron chi connectivity index (χ2n) is 9.65. The summed E-state index contributed by atoms with van der Waals surface area (Å²) in [6, 6.07) is 1.85. The fraction of sp³-hybridized carbons (Fsp3) is 0.500. The van der Waals surface area contributed by atoms with Crippen molar-refractivity contribution in [1.29, 1.82) is 0 Å². The van der Waals surface area contributed by atoms with Crippen LogP contribution in [-0.4, -0.2) is 43.7 Å². The maximum Gasteiger partial charge on any atom is 0.253 e. The molecule has 0 aromatic heterocycles. The molecule has 0 unspecified atom stereocenters. The number of hydrogen-bond acceptors (Lipinski definition) is 8. The largest absolute Gasteiger partial charge is 0.504 e. The highest BCUT2D eigenvalue weighted by molar-refractivity contribution is 7.89.